The minimum Gasteiger partial charge on any atom is -0.347 e. The van der Waals surface area contributed by atoms with E-state index < -0.39 is 11.3 Å². The highest BCUT2D eigenvalue weighted by atomic mass is 16.7. The van der Waals surface area contributed by atoms with Crippen molar-refractivity contribution in [3.8, 4) is 0 Å². The maximum Gasteiger partial charge on any atom is 0.326 e. The number of likely N-dealkylation sites (tertiary alicyclic amines) is 1. The van der Waals surface area contributed by atoms with Crippen LogP contribution in [-0.4, -0.2) is 66.0 Å². The van der Waals surface area contributed by atoms with Crippen molar-refractivity contribution in [3.05, 3.63) is 0 Å². The molecule has 1 saturated carbocycles. The third-order valence-electron chi connectivity index (χ3n) is 7.08. The van der Waals surface area contributed by atoms with Gasteiger partial charge in [-0.1, -0.05) is 20.8 Å². The minimum absolute atomic E-state index is 0.0338. The number of hydrogen-bond donors (Lipinski definition) is 1. The van der Waals surface area contributed by atoms with Gasteiger partial charge < -0.3 is 14.8 Å². The lowest BCUT2D eigenvalue weighted by Gasteiger charge is -2.41. The highest BCUT2D eigenvalue weighted by Gasteiger charge is 2.53. The van der Waals surface area contributed by atoms with Crippen LogP contribution in [-0.2, 0) is 14.3 Å². The van der Waals surface area contributed by atoms with Crippen LogP contribution in [0.3, 0.4) is 0 Å². The Labute approximate surface area is 161 Å². The second-order valence-electron chi connectivity index (χ2n) is 9.75. The average molecular weight is 380 g/mol. The standard InChI is InChI=1S/C20H33N3O4/c1-18(2,3)15-4-6-19(7-5-15)16(24)23(17(25)21-19)14-22-10-8-20(9-11-22)26-12-13-27-20/h15H,4-14H2,1-3H3,(H,21,25). The zero-order chi connectivity index (χ0) is 19.3. The number of amides is 3. The Morgan fingerprint density at radius 2 is 1.63 bits per heavy atom. The van der Waals surface area contributed by atoms with Gasteiger partial charge in [0.15, 0.2) is 5.79 Å². The lowest BCUT2D eigenvalue weighted by atomic mass is 9.67. The van der Waals surface area contributed by atoms with Gasteiger partial charge in [0.05, 0.1) is 19.9 Å². The predicted molar refractivity (Wildman–Crippen MR) is 99.8 cm³/mol. The zero-order valence-corrected chi connectivity index (χ0v) is 16.9. The molecule has 4 aliphatic rings. The van der Waals surface area contributed by atoms with E-state index in [2.05, 4.69) is 31.0 Å². The van der Waals surface area contributed by atoms with Crippen molar-refractivity contribution < 1.29 is 19.1 Å². The van der Waals surface area contributed by atoms with E-state index in [1.54, 1.807) is 0 Å². The number of hydrogen-bond acceptors (Lipinski definition) is 5. The molecule has 3 amide bonds. The summed E-state index contributed by atoms with van der Waals surface area (Å²) in [5.74, 6) is 0.139. The van der Waals surface area contributed by atoms with Gasteiger partial charge >= 0.3 is 6.03 Å². The Bertz CT molecular complexity index is 591. The van der Waals surface area contributed by atoms with Gasteiger partial charge in [0.2, 0.25) is 0 Å². The molecule has 0 bridgehead atoms. The Morgan fingerprint density at radius 3 is 2.19 bits per heavy atom. The SMILES string of the molecule is CC(C)(C)C1CCC2(CC1)NC(=O)N(CN1CCC3(CC1)OCCO3)C2=O. The van der Waals surface area contributed by atoms with E-state index in [1.807, 2.05) is 0 Å². The topological polar surface area (TPSA) is 71.1 Å². The molecule has 2 spiro atoms. The van der Waals surface area contributed by atoms with Crippen LogP contribution in [0.25, 0.3) is 0 Å². The zero-order valence-electron chi connectivity index (χ0n) is 16.9. The van der Waals surface area contributed by atoms with Gasteiger partial charge in [-0.05, 0) is 37.0 Å². The molecule has 4 fully saturated rings. The second-order valence-corrected chi connectivity index (χ2v) is 9.75. The monoisotopic (exact) mass is 379 g/mol. The van der Waals surface area contributed by atoms with E-state index in [-0.39, 0.29) is 17.4 Å². The quantitative estimate of drug-likeness (QED) is 0.746. The Kier molecular flexibility index (Phi) is 4.76. The lowest BCUT2D eigenvalue weighted by molar-refractivity contribution is -0.187. The molecular weight excluding hydrogens is 346 g/mol. The molecule has 7 heteroatoms. The molecule has 0 unspecified atom stereocenters. The molecule has 0 aromatic carbocycles. The van der Waals surface area contributed by atoms with Crippen molar-refractivity contribution >= 4 is 11.9 Å². The molecule has 152 valence electrons. The highest BCUT2D eigenvalue weighted by molar-refractivity contribution is 6.07. The van der Waals surface area contributed by atoms with Gasteiger partial charge in [-0.2, -0.15) is 0 Å². The second kappa shape index (κ2) is 6.71. The van der Waals surface area contributed by atoms with E-state index in [9.17, 15) is 9.59 Å². The van der Waals surface area contributed by atoms with Crippen molar-refractivity contribution in [3.63, 3.8) is 0 Å². The summed E-state index contributed by atoms with van der Waals surface area (Å²) in [5.41, 5.74) is -0.422. The Morgan fingerprint density at radius 1 is 1.04 bits per heavy atom. The molecule has 27 heavy (non-hydrogen) atoms. The molecular formula is C20H33N3O4. The first-order chi connectivity index (χ1) is 12.7. The molecule has 7 nitrogen and oxygen atoms in total. The number of piperidine rings is 1. The van der Waals surface area contributed by atoms with Crippen molar-refractivity contribution in [2.45, 2.75) is 70.6 Å². The van der Waals surface area contributed by atoms with Crippen LogP contribution in [0.5, 0.6) is 0 Å². The summed E-state index contributed by atoms with van der Waals surface area (Å²) < 4.78 is 11.5. The molecule has 1 aliphatic carbocycles. The summed E-state index contributed by atoms with van der Waals surface area (Å²) in [6, 6.07) is -0.233. The Balaban J connectivity index is 1.35. The highest BCUT2D eigenvalue weighted by Crippen LogP contribution is 2.43. The third-order valence-corrected chi connectivity index (χ3v) is 7.08. The molecule has 1 N–H and O–H groups in total. The number of imide groups is 1. The summed E-state index contributed by atoms with van der Waals surface area (Å²) in [5, 5.41) is 3.04. The first-order valence-electron chi connectivity index (χ1n) is 10.4. The number of nitrogens with zero attached hydrogens (tertiary/aromatic N) is 2. The lowest BCUT2D eigenvalue weighted by Crippen LogP contribution is -2.52. The fraction of sp³-hybridized carbons (Fsp3) is 0.900. The molecule has 0 atom stereocenters. The van der Waals surface area contributed by atoms with Crippen molar-refractivity contribution in [1.82, 2.24) is 15.1 Å². The van der Waals surface area contributed by atoms with E-state index in [0.717, 1.165) is 51.6 Å². The molecule has 4 rings (SSSR count). The van der Waals surface area contributed by atoms with Crippen LogP contribution in [0.15, 0.2) is 0 Å². The molecule has 0 aromatic heterocycles. The van der Waals surface area contributed by atoms with Crippen molar-refractivity contribution in [2.24, 2.45) is 11.3 Å². The van der Waals surface area contributed by atoms with Crippen LogP contribution >= 0.6 is 0 Å². The van der Waals surface area contributed by atoms with Crippen LogP contribution in [0.1, 0.15) is 59.3 Å². The van der Waals surface area contributed by atoms with Gasteiger partial charge in [0.1, 0.15) is 5.54 Å². The van der Waals surface area contributed by atoms with Crippen molar-refractivity contribution in [2.75, 3.05) is 33.0 Å². The molecule has 0 radical (unpaired) electrons. The van der Waals surface area contributed by atoms with E-state index in [0.29, 0.717) is 25.8 Å². The summed E-state index contributed by atoms with van der Waals surface area (Å²) in [6.07, 6.45) is 5.06. The van der Waals surface area contributed by atoms with E-state index in [1.165, 1.54) is 4.90 Å². The average Bonchev–Trinajstić information content (AvgIpc) is 3.16. The smallest absolute Gasteiger partial charge is 0.326 e. The van der Waals surface area contributed by atoms with Crippen LogP contribution in [0, 0.1) is 11.3 Å². The number of ether oxygens (including phenoxy) is 2. The molecule has 3 heterocycles. The molecule has 3 aliphatic heterocycles. The van der Waals surface area contributed by atoms with E-state index in [4.69, 9.17) is 9.47 Å². The summed E-state index contributed by atoms with van der Waals surface area (Å²) in [6.45, 7) is 10.0. The van der Waals surface area contributed by atoms with Crippen LogP contribution in [0.4, 0.5) is 4.79 Å². The minimum atomic E-state index is -0.673. The largest absolute Gasteiger partial charge is 0.347 e. The van der Waals surface area contributed by atoms with Crippen molar-refractivity contribution in [1.29, 1.82) is 0 Å². The molecule has 3 saturated heterocycles. The number of urea groups is 1. The van der Waals surface area contributed by atoms with Gasteiger partial charge in [-0.15, -0.1) is 0 Å². The summed E-state index contributed by atoms with van der Waals surface area (Å²) in [7, 11) is 0. The van der Waals surface area contributed by atoms with Crippen LogP contribution in [0.2, 0.25) is 0 Å². The fourth-order valence-electron chi connectivity index (χ4n) is 5.14. The number of carbonyl (C=O) groups is 2. The van der Waals surface area contributed by atoms with Gasteiger partial charge in [0, 0.05) is 25.9 Å². The van der Waals surface area contributed by atoms with E-state index >= 15 is 0 Å². The number of carbonyl (C=O) groups excluding carboxylic acids is 2. The summed E-state index contributed by atoms with van der Waals surface area (Å²) >= 11 is 0. The Hall–Kier alpha value is -1.18. The predicted octanol–water partition coefficient (Wildman–Crippen LogP) is 2.31. The van der Waals surface area contributed by atoms with Crippen LogP contribution < -0.4 is 5.32 Å². The molecule has 0 aromatic rings. The van der Waals surface area contributed by atoms with Gasteiger partial charge in [-0.3, -0.25) is 9.69 Å². The van der Waals surface area contributed by atoms with Gasteiger partial charge in [-0.25, -0.2) is 9.69 Å². The number of rotatable bonds is 2. The first-order valence-corrected chi connectivity index (χ1v) is 10.4. The maximum absolute atomic E-state index is 13.1. The third kappa shape index (κ3) is 3.49. The maximum atomic E-state index is 13.1. The normalized spacial score (nSPS) is 34.6. The van der Waals surface area contributed by atoms with Gasteiger partial charge in [0.25, 0.3) is 5.91 Å². The fourth-order valence-corrected chi connectivity index (χ4v) is 5.14. The number of nitrogens with one attached hydrogen (secondary N) is 1. The first kappa shape index (κ1) is 19.2. The summed E-state index contributed by atoms with van der Waals surface area (Å²) in [4.78, 5) is 29.3.